The van der Waals surface area contributed by atoms with Crippen molar-refractivity contribution in [2.24, 2.45) is 10.7 Å². The summed E-state index contributed by atoms with van der Waals surface area (Å²) in [5.74, 6) is 0. The van der Waals surface area contributed by atoms with Gasteiger partial charge in [-0.05, 0) is 19.1 Å². The molecular weight excluding hydrogens is 268 g/mol. The van der Waals surface area contributed by atoms with E-state index in [1.54, 1.807) is 6.21 Å². The molecule has 1 aromatic carbocycles. The van der Waals surface area contributed by atoms with Gasteiger partial charge in [0.2, 0.25) is 0 Å². The first-order valence-electron chi connectivity index (χ1n) is 6.88. The molecule has 0 aliphatic carbocycles. The van der Waals surface area contributed by atoms with Gasteiger partial charge in [-0.2, -0.15) is 0 Å². The Kier molecular flexibility index (Phi) is 5.48. The molecule has 0 radical (unpaired) electrons. The van der Waals surface area contributed by atoms with Crippen LogP contribution in [0.3, 0.4) is 0 Å². The number of nitrogens with two attached hydrogens (primary N) is 1. The zero-order valence-electron chi connectivity index (χ0n) is 12.1. The van der Waals surface area contributed by atoms with Crippen molar-refractivity contribution in [3.05, 3.63) is 51.9 Å². The lowest BCUT2D eigenvalue weighted by molar-refractivity contribution is 0.149. The topological polar surface area (TPSA) is 85.4 Å². The summed E-state index contributed by atoms with van der Waals surface area (Å²) in [6.07, 6.45) is 1.60. The van der Waals surface area contributed by atoms with Crippen LogP contribution in [0, 0.1) is 6.92 Å². The molecule has 2 aromatic rings. The van der Waals surface area contributed by atoms with Crippen LogP contribution in [0.5, 0.6) is 0 Å². The van der Waals surface area contributed by atoms with Gasteiger partial charge in [0, 0.05) is 18.5 Å². The van der Waals surface area contributed by atoms with Crippen LogP contribution in [0.25, 0.3) is 5.69 Å². The normalized spacial score (nSPS) is 11.3. The van der Waals surface area contributed by atoms with Crippen LogP contribution >= 0.6 is 0 Å². The standard InChI is InChI=1S/C15H20N4O2/c1-12-14(11-17-8-10-21-9-7-16)15(20)19(18-12)13-5-3-2-4-6-13/h2-6,11,18H,7-10,16H2,1H3. The number of H-pyrrole nitrogens is 1. The number of para-hydroxylation sites is 1. The summed E-state index contributed by atoms with van der Waals surface area (Å²) in [5, 5.41) is 3.06. The van der Waals surface area contributed by atoms with Gasteiger partial charge in [-0.25, -0.2) is 4.68 Å². The Labute approximate surface area is 123 Å². The number of aromatic nitrogens is 2. The zero-order chi connectivity index (χ0) is 15.1. The molecule has 3 N–H and O–H groups in total. The second-order valence-electron chi connectivity index (χ2n) is 4.56. The number of hydrogen-bond donors (Lipinski definition) is 2. The third kappa shape index (κ3) is 3.90. The molecule has 2 rings (SSSR count). The lowest BCUT2D eigenvalue weighted by Gasteiger charge is -1.99. The van der Waals surface area contributed by atoms with E-state index in [1.165, 1.54) is 4.68 Å². The van der Waals surface area contributed by atoms with E-state index in [0.717, 1.165) is 11.4 Å². The van der Waals surface area contributed by atoms with Crippen molar-refractivity contribution >= 4 is 6.21 Å². The molecule has 0 saturated carbocycles. The van der Waals surface area contributed by atoms with Gasteiger partial charge in [-0.15, -0.1) is 0 Å². The van der Waals surface area contributed by atoms with Crippen molar-refractivity contribution in [1.82, 2.24) is 9.78 Å². The number of hydrogen-bond acceptors (Lipinski definition) is 4. The fraction of sp³-hybridized carbons (Fsp3) is 0.333. The number of nitrogens with one attached hydrogen (secondary N) is 1. The van der Waals surface area contributed by atoms with Gasteiger partial charge in [0.25, 0.3) is 5.56 Å². The fourth-order valence-electron chi connectivity index (χ4n) is 1.93. The summed E-state index contributed by atoms with van der Waals surface area (Å²) in [4.78, 5) is 16.6. The molecule has 0 amide bonds. The Hall–Kier alpha value is -2.18. The molecule has 0 bridgehead atoms. The van der Waals surface area contributed by atoms with Crippen molar-refractivity contribution in [3.63, 3.8) is 0 Å². The third-order valence-corrected chi connectivity index (χ3v) is 2.98. The predicted molar refractivity (Wildman–Crippen MR) is 83.5 cm³/mol. The van der Waals surface area contributed by atoms with E-state index in [0.29, 0.717) is 31.9 Å². The summed E-state index contributed by atoms with van der Waals surface area (Å²) in [6.45, 7) is 3.90. The quantitative estimate of drug-likeness (QED) is 0.585. The summed E-state index contributed by atoms with van der Waals surface area (Å²) >= 11 is 0. The molecule has 112 valence electrons. The zero-order valence-corrected chi connectivity index (χ0v) is 12.1. The van der Waals surface area contributed by atoms with Crippen LogP contribution < -0.4 is 11.3 Å². The molecule has 0 spiro atoms. The van der Waals surface area contributed by atoms with Crippen LogP contribution in [0.15, 0.2) is 40.1 Å². The fourth-order valence-corrected chi connectivity index (χ4v) is 1.93. The van der Waals surface area contributed by atoms with E-state index < -0.39 is 0 Å². The first-order chi connectivity index (χ1) is 10.2. The summed E-state index contributed by atoms with van der Waals surface area (Å²) in [6, 6.07) is 9.44. The Balaban J connectivity index is 2.10. The van der Waals surface area contributed by atoms with Crippen LogP contribution in [0.4, 0.5) is 0 Å². The summed E-state index contributed by atoms with van der Waals surface area (Å²) < 4.78 is 6.74. The molecule has 21 heavy (non-hydrogen) atoms. The number of aromatic amines is 1. The van der Waals surface area contributed by atoms with Crippen LogP contribution in [-0.2, 0) is 4.74 Å². The number of aryl methyl sites for hydroxylation is 1. The monoisotopic (exact) mass is 288 g/mol. The Morgan fingerprint density at radius 1 is 1.33 bits per heavy atom. The highest BCUT2D eigenvalue weighted by Gasteiger charge is 2.09. The van der Waals surface area contributed by atoms with E-state index in [4.69, 9.17) is 10.5 Å². The second-order valence-corrected chi connectivity index (χ2v) is 4.56. The van der Waals surface area contributed by atoms with Crippen LogP contribution in [0.1, 0.15) is 11.3 Å². The van der Waals surface area contributed by atoms with Crippen LogP contribution in [0.2, 0.25) is 0 Å². The maximum Gasteiger partial charge on any atom is 0.280 e. The van der Waals surface area contributed by atoms with E-state index in [1.807, 2.05) is 37.3 Å². The SMILES string of the molecule is Cc1[nH]n(-c2ccccc2)c(=O)c1C=NCCOCCN. The number of ether oxygens (including phenoxy) is 1. The van der Waals surface area contributed by atoms with Crippen molar-refractivity contribution in [1.29, 1.82) is 0 Å². The first-order valence-corrected chi connectivity index (χ1v) is 6.88. The maximum atomic E-state index is 12.3. The van der Waals surface area contributed by atoms with E-state index in [-0.39, 0.29) is 5.56 Å². The van der Waals surface area contributed by atoms with Gasteiger partial charge in [0.1, 0.15) is 0 Å². The highest BCUT2D eigenvalue weighted by Crippen LogP contribution is 2.05. The molecule has 0 aliphatic heterocycles. The molecule has 1 aromatic heterocycles. The largest absolute Gasteiger partial charge is 0.378 e. The lowest BCUT2D eigenvalue weighted by atomic mass is 10.3. The lowest BCUT2D eigenvalue weighted by Crippen LogP contribution is -2.17. The van der Waals surface area contributed by atoms with Crippen molar-refractivity contribution in [3.8, 4) is 5.69 Å². The second kappa shape index (κ2) is 7.56. The molecule has 0 fully saturated rings. The van der Waals surface area contributed by atoms with Gasteiger partial charge in [0.15, 0.2) is 0 Å². The average Bonchev–Trinajstić information content (AvgIpc) is 2.79. The van der Waals surface area contributed by atoms with Gasteiger partial charge in [-0.1, -0.05) is 18.2 Å². The highest BCUT2D eigenvalue weighted by atomic mass is 16.5. The minimum atomic E-state index is -0.106. The molecular formula is C15H20N4O2. The molecule has 1 heterocycles. The molecule has 0 saturated heterocycles. The van der Waals surface area contributed by atoms with Gasteiger partial charge in [-0.3, -0.25) is 14.9 Å². The Morgan fingerprint density at radius 2 is 2.10 bits per heavy atom. The number of nitrogens with zero attached hydrogens (tertiary/aromatic N) is 2. The Bertz CT molecular complexity index is 643. The minimum absolute atomic E-state index is 0.106. The average molecular weight is 288 g/mol. The highest BCUT2D eigenvalue weighted by molar-refractivity contribution is 5.80. The predicted octanol–water partition coefficient (Wildman–Crippen LogP) is 0.868. The van der Waals surface area contributed by atoms with E-state index >= 15 is 0 Å². The molecule has 6 nitrogen and oxygen atoms in total. The van der Waals surface area contributed by atoms with Crippen molar-refractivity contribution in [2.45, 2.75) is 6.92 Å². The van der Waals surface area contributed by atoms with Gasteiger partial charge in [0.05, 0.1) is 31.0 Å². The number of benzene rings is 1. The van der Waals surface area contributed by atoms with Crippen molar-refractivity contribution < 1.29 is 4.74 Å². The first kappa shape index (κ1) is 15.2. The third-order valence-electron chi connectivity index (χ3n) is 2.98. The summed E-state index contributed by atoms with van der Waals surface area (Å²) in [5.41, 5.74) is 7.37. The molecule has 0 unspecified atom stereocenters. The maximum absolute atomic E-state index is 12.3. The van der Waals surface area contributed by atoms with E-state index in [9.17, 15) is 4.79 Å². The van der Waals surface area contributed by atoms with Gasteiger partial charge >= 0.3 is 0 Å². The van der Waals surface area contributed by atoms with Crippen molar-refractivity contribution in [2.75, 3.05) is 26.3 Å². The molecule has 6 heteroatoms. The minimum Gasteiger partial charge on any atom is -0.378 e. The summed E-state index contributed by atoms with van der Waals surface area (Å²) in [7, 11) is 0. The van der Waals surface area contributed by atoms with Crippen LogP contribution in [-0.4, -0.2) is 42.3 Å². The number of aliphatic imine (C=N–C) groups is 1. The van der Waals surface area contributed by atoms with E-state index in [2.05, 4.69) is 10.1 Å². The number of rotatable bonds is 7. The van der Waals surface area contributed by atoms with Gasteiger partial charge < -0.3 is 10.5 Å². The molecule has 0 aliphatic rings. The Morgan fingerprint density at radius 3 is 2.81 bits per heavy atom. The molecule has 0 atom stereocenters. The smallest absolute Gasteiger partial charge is 0.280 e.